The van der Waals surface area contributed by atoms with E-state index >= 15 is 0 Å². The van der Waals surface area contributed by atoms with Gasteiger partial charge in [-0.3, -0.25) is 9.47 Å². The lowest BCUT2D eigenvalue weighted by molar-refractivity contribution is -0.0265. The maximum atomic E-state index is 9.71. The molecule has 0 radical (unpaired) electrons. The molecule has 4 aromatic rings. The summed E-state index contributed by atoms with van der Waals surface area (Å²) >= 11 is 0. The van der Waals surface area contributed by atoms with Crippen molar-refractivity contribution in [3.8, 4) is 5.95 Å². The number of aryl methyl sites for hydroxylation is 2. The Morgan fingerprint density at radius 3 is 2.51 bits per heavy atom. The Kier molecular flexibility index (Phi) is 6.13. The number of rotatable bonds is 7. The quantitative estimate of drug-likeness (QED) is 0.410. The molecule has 196 valence electrons. The van der Waals surface area contributed by atoms with Crippen molar-refractivity contribution in [1.29, 1.82) is 0 Å². The fourth-order valence-corrected chi connectivity index (χ4v) is 5.45. The Morgan fingerprint density at radius 1 is 1.03 bits per heavy atom. The molecule has 0 unspecified atom stereocenters. The van der Waals surface area contributed by atoms with E-state index in [1.165, 1.54) is 0 Å². The standard InChI is InChI=1S/C27H36N8O2/c1-5-21-28-19-8-6-7-9-20(19)35(21)26-30-24-23(25(31-26)33-10-12-37-13-11-33)29-22(32(24)4)14-18-15-34(16-18)27(2,3)17-36/h6-9,18,36H,5,10-17H2,1-4H3. The van der Waals surface area contributed by atoms with Crippen LogP contribution in [-0.4, -0.2) is 90.6 Å². The van der Waals surface area contributed by atoms with Gasteiger partial charge in [-0.2, -0.15) is 9.97 Å². The van der Waals surface area contributed by atoms with Gasteiger partial charge in [0.2, 0.25) is 5.95 Å². The number of para-hydroxylation sites is 2. The molecule has 0 spiro atoms. The van der Waals surface area contributed by atoms with Crippen LogP contribution >= 0.6 is 0 Å². The number of nitrogens with zero attached hydrogens (tertiary/aromatic N) is 8. The molecule has 6 rings (SSSR count). The maximum Gasteiger partial charge on any atom is 0.239 e. The number of anilines is 1. The van der Waals surface area contributed by atoms with Crippen LogP contribution in [0.3, 0.4) is 0 Å². The number of fused-ring (bicyclic) bond motifs is 2. The van der Waals surface area contributed by atoms with Gasteiger partial charge in [0.25, 0.3) is 0 Å². The summed E-state index contributed by atoms with van der Waals surface area (Å²) in [6, 6.07) is 8.16. The lowest BCUT2D eigenvalue weighted by Crippen LogP contribution is -2.59. The molecular formula is C27H36N8O2. The monoisotopic (exact) mass is 504 g/mol. The van der Waals surface area contributed by atoms with E-state index in [9.17, 15) is 5.11 Å². The van der Waals surface area contributed by atoms with E-state index in [4.69, 9.17) is 24.7 Å². The van der Waals surface area contributed by atoms with E-state index in [2.05, 4.69) is 52.8 Å². The van der Waals surface area contributed by atoms with Crippen LogP contribution in [0.1, 0.15) is 32.4 Å². The van der Waals surface area contributed by atoms with Crippen molar-refractivity contribution in [3.63, 3.8) is 0 Å². The minimum atomic E-state index is -0.183. The molecule has 0 saturated carbocycles. The second-order valence-corrected chi connectivity index (χ2v) is 10.9. The van der Waals surface area contributed by atoms with E-state index in [1.54, 1.807) is 0 Å². The molecule has 0 amide bonds. The summed E-state index contributed by atoms with van der Waals surface area (Å²) in [6.45, 7) is 11.3. The van der Waals surface area contributed by atoms with Crippen molar-refractivity contribution >= 4 is 28.0 Å². The van der Waals surface area contributed by atoms with E-state index in [0.717, 1.165) is 78.7 Å². The van der Waals surface area contributed by atoms with Crippen molar-refractivity contribution < 1.29 is 9.84 Å². The summed E-state index contributed by atoms with van der Waals surface area (Å²) in [5.74, 6) is 3.96. The van der Waals surface area contributed by atoms with Crippen molar-refractivity contribution in [2.75, 3.05) is 50.9 Å². The van der Waals surface area contributed by atoms with Crippen LogP contribution in [0.5, 0.6) is 0 Å². The van der Waals surface area contributed by atoms with Gasteiger partial charge in [-0.1, -0.05) is 19.1 Å². The number of aromatic nitrogens is 6. The second kappa shape index (κ2) is 9.34. The first-order chi connectivity index (χ1) is 17.9. The smallest absolute Gasteiger partial charge is 0.239 e. The Bertz CT molecular complexity index is 1430. The molecule has 10 nitrogen and oxygen atoms in total. The molecule has 2 aliphatic heterocycles. The number of morpholine rings is 1. The number of ether oxygens (including phenoxy) is 1. The topological polar surface area (TPSA) is 97.4 Å². The maximum absolute atomic E-state index is 9.71. The summed E-state index contributed by atoms with van der Waals surface area (Å²) < 4.78 is 9.86. The van der Waals surface area contributed by atoms with Gasteiger partial charge in [0.1, 0.15) is 11.6 Å². The molecule has 0 aliphatic carbocycles. The summed E-state index contributed by atoms with van der Waals surface area (Å²) in [6.07, 6.45) is 1.65. The Labute approximate surface area is 216 Å². The number of benzene rings is 1. The zero-order valence-corrected chi connectivity index (χ0v) is 22.2. The molecule has 0 bridgehead atoms. The van der Waals surface area contributed by atoms with Crippen molar-refractivity contribution in [1.82, 2.24) is 34.0 Å². The number of hydrogen-bond acceptors (Lipinski definition) is 8. The Balaban J connectivity index is 1.43. The van der Waals surface area contributed by atoms with E-state index < -0.39 is 0 Å². The minimum absolute atomic E-state index is 0.163. The normalized spacial score (nSPS) is 17.7. The predicted octanol–water partition coefficient (Wildman–Crippen LogP) is 2.35. The van der Waals surface area contributed by atoms with Crippen LogP contribution < -0.4 is 4.90 Å². The molecule has 37 heavy (non-hydrogen) atoms. The van der Waals surface area contributed by atoms with Crippen molar-refractivity contribution in [3.05, 3.63) is 35.9 Å². The van der Waals surface area contributed by atoms with Crippen LogP contribution in [0.25, 0.3) is 28.1 Å². The predicted molar refractivity (Wildman–Crippen MR) is 143 cm³/mol. The minimum Gasteiger partial charge on any atom is -0.394 e. The summed E-state index contributed by atoms with van der Waals surface area (Å²) in [4.78, 5) is 24.8. The highest BCUT2D eigenvalue weighted by molar-refractivity contribution is 5.86. The van der Waals surface area contributed by atoms with Gasteiger partial charge in [0.05, 0.1) is 30.9 Å². The van der Waals surface area contributed by atoms with E-state index in [1.807, 2.05) is 18.2 Å². The molecule has 2 fully saturated rings. The third-order valence-electron chi connectivity index (χ3n) is 7.91. The molecule has 1 aromatic carbocycles. The van der Waals surface area contributed by atoms with Crippen LogP contribution in [0.2, 0.25) is 0 Å². The van der Waals surface area contributed by atoms with Gasteiger partial charge >= 0.3 is 0 Å². The summed E-state index contributed by atoms with van der Waals surface area (Å²) in [5, 5.41) is 9.71. The highest BCUT2D eigenvalue weighted by Gasteiger charge is 2.37. The fourth-order valence-electron chi connectivity index (χ4n) is 5.45. The second-order valence-electron chi connectivity index (χ2n) is 10.9. The number of aliphatic hydroxyl groups is 1. The van der Waals surface area contributed by atoms with Crippen LogP contribution in [0.15, 0.2) is 24.3 Å². The largest absolute Gasteiger partial charge is 0.394 e. The molecule has 2 aliphatic rings. The van der Waals surface area contributed by atoms with Gasteiger partial charge in [0.15, 0.2) is 17.0 Å². The fraction of sp³-hybridized carbons (Fsp3) is 0.556. The van der Waals surface area contributed by atoms with Crippen LogP contribution in [0.4, 0.5) is 5.82 Å². The van der Waals surface area contributed by atoms with Gasteiger partial charge in [0, 0.05) is 51.6 Å². The average molecular weight is 505 g/mol. The summed E-state index contributed by atoms with van der Waals surface area (Å²) in [7, 11) is 2.06. The van der Waals surface area contributed by atoms with Gasteiger partial charge in [-0.05, 0) is 31.9 Å². The number of hydrogen-bond donors (Lipinski definition) is 1. The molecule has 10 heteroatoms. The van der Waals surface area contributed by atoms with Gasteiger partial charge in [-0.15, -0.1) is 0 Å². The molecular weight excluding hydrogens is 468 g/mol. The molecule has 1 N–H and O–H groups in total. The van der Waals surface area contributed by atoms with Crippen LogP contribution in [-0.2, 0) is 24.6 Å². The molecule has 0 atom stereocenters. The third kappa shape index (κ3) is 4.17. The number of imidazole rings is 2. The first-order valence-electron chi connectivity index (χ1n) is 13.3. The summed E-state index contributed by atoms with van der Waals surface area (Å²) in [5.41, 5.74) is 3.46. The molecule has 5 heterocycles. The first-order valence-corrected chi connectivity index (χ1v) is 13.3. The first kappa shape index (κ1) is 24.3. The zero-order chi connectivity index (χ0) is 25.7. The third-order valence-corrected chi connectivity index (χ3v) is 7.91. The molecule has 2 saturated heterocycles. The van der Waals surface area contributed by atoms with Crippen molar-refractivity contribution in [2.24, 2.45) is 13.0 Å². The van der Waals surface area contributed by atoms with Crippen molar-refractivity contribution in [2.45, 2.75) is 39.2 Å². The number of likely N-dealkylation sites (tertiary alicyclic amines) is 1. The lowest BCUT2D eigenvalue weighted by atomic mass is 9.89. The highest BCUT2D eigenvalue weighted by atomic mass is 16.5. The van der Waals surface area contributed by atoms with Gasteiger partial charge < -0.3 is 19.3 Å². The zero-order valence-electron chi connectivity index (χ0n) is 22.2. The number of aliphatic hydroxyl groups excluding tert-OH is 1. The van der Waals surface area contributed by atoms with Gasteiger partial charge in [-0.25, -0.2) is 9.97 Å². The van der Waals surface area contributed by atoms with E-state index in [0.29, 0.717) is 25.1 Å². The average Bonchev–Trinajstić information content (AvgIpc) is 3.43. The lowest BCUT2D eigenvalue weighted by Gasteiger charge is -2.48. The van der Waals surface area contributed by atoms with Crippen LogP contribution in [0, 0.1) is 5.92 Å². The van der Waals surface area contributed by atoms with E-state index in [-0.39, 0.29) is 12.1 Å². The SMILES string of the molecule is CCc1nc2ccccc2n1-c1nc(N2CCOCC2)c2nc(CC3CN(C(C)(C)CO)C3)n(C)c2n1. The molecule has 3 aromatic heterocycles. The Morgan fingerprint density at radius 2 is 1.78 bits per heavy atom. The Hall–Kier alpha value is -3.08. The highest BCUT2D eigenvalue weighted by Crippen LogP contribution is 2.31.